The van der Waals surface area contributed by atoms with E-state index in [9.17, 15) is 0 Å². The number of benzene rings is 2. The molecule has 0 aliphatic rings. The van der Waals surface area contributed by atoms with Gasteiger partial charge in [0.2, 0.25) is 0 Å². The third-order valence-electron chi connectivity index (χ3n) is 6.26. The molecule has 0 saturated carbocycles. The van der Waals surface area contributed by atoms with Crippen LogP contribution in [0.25, 0.3) is 22.5 Å². The molecule has 41 heavy (non-hydrogen) atoms. The number of aromatic nitrogens is 6. The highest BCUT2D eigenvalue weighted by molar-refractivity contribution is 5.60. The largest absolute Gasteiger partial charge is 0.492 e. The lowest BCUT2D eigenvalue weighted by Crippen LogP contribution is -2.06. The van der Waals surface area contributed by atoms with Crippen molar-refractivity contribution >= 4 is 0 Å². The topological polar surface area (TPSA) is 115 Å². The van der Waals surface area contributed by atoms with E-state index in [1.54, 1.807) is 25.0 Å². The minimum Gasteiger partial charge on any atom is -0.492 e. The van der Waals surface area contributed by atoms with E-state index >= 15 is 0 Å². The number of ether oxygens (including phenoxy) is 3. The molecule has 0 bridgehead atoms. The predicted molar refractivity (Wildman–Crippen MR) is 148 cm³/mol. The molecule has 2 aromatic carbocycles. The molecule has 0 spiro atoms. The highest BCUT2D eigenvalue weighted by atomic mass is 16.5. The zero-order chi connectivity index (χ0) is 27.7. The fourth-order valence-corrected chi connectivity index (χ4v) is 4.11. The van der Waals surface area contributed by atoms with Crippen LogP contribution in [0.2, 0.25) is 0 Å². The molecule has 0 fully saturated rings. The van der Waals surface area contributed by atoms with E-state index in [4.69, 9.17) is 23.3 Å². The lowest BCUT2D eigenvalue weighted by atomic mass is 10.1. The van der Waals surface area contributed by atoms with Crippen molar-refractivity contribution < 1.29 is 23.3 Å². The first-order chi connectivity index (χ1) is 20.3. The smallest absolute Gasteiger partial charge is 0.163 e. The van der Waals surface area contributed by atoms with Gasteiger partial charge in [0.25, 0.3) is 0 Å². The quantitative estimate of drug-likeness (QED) is 0.178. The second-order valence-electron chi connectivity index (χ2n) is 9.20. The number of hydrogen-bond donors (Lipinski definition) is 0. The van der Waals surface area contributed by atoms with Crippen LogP contribution in [-0.2, 0) is 31.0 Å². The van der Waals surface area contributed by atoms with Crippen LogP contribution < -0.4 is 9.47 Å². The zero-order valence-corrected chi connectivity index (χ0v) is 22.2. The van der Waals surface area contributed by atoms with Gasteiger partial charge in [-0.05, 0) is 48.5 Å². The first-order valence-electron chi connectivity index (χ1n) is 13.2. The molecule has 11 heteroatoms. The molecule has 4 heterocycles. The van der Waals surface area contributed by atoms with E-state index in [-0.39, 0.29) is 13.2 Å². The van der Waals surface area contributed by atoms with Crippen molar-refractivity contribution in [2.24, 2.45) is 0 Å². The molecule has 4 aromatic heterocycles. The fraction of sp³-hybridized carbons (Fsp3) is 0.200. The normalized spacial score (nSPS) is 11.1. The Hall–Kier alpha value is -5.16. The van der Waals surface area contributed by atoms with Gasteiger partial charge in [0.05, 0.1) is 25.7 Å². The summed E-state index contributed by atoms with van der Waals surface area (Å²) >= 11 is 0. The Morgan fingerprint density at radius 3 is 1.49 bits per heavy atom. The van der Waals surface area contributed by atoms with Gasteiger partial charge in [0.1, 0.15) is 49.3 Å². The minimum atomic E-state index is 0.254. The second kappa shape index (κ2) is 12.8. The van der Waals surface area contributed by atoms with Crippen LogP contribution in [0, 0.1) is 0 Å². The number of hydrogen-bond acceptors (Lipinski definition) is 9. The van der Waals surface area contributed by atoms with Crippen molar-refractivity contribution in [2.75, 3.05) is 13.2 Å². The Bertz CT molecular complexity index is 1480. The number of nitrogens with zero attached hydrogens (tertiary/aromatic N) is 6. The van der Waals surface area contributed by atoms with E-state index in [1.165, 1.54) is 0 Å². The lowest BCUT2D eigenvalue weighted by molar-refractivity contribution is 0.0727. The van der Waals surface area contributed by atoms with Crippen LogP contribution in [0.1, 0.15) is 11.5 Å². The molecule has 0 aliphatic carbocycles. The summed E-state index contributed by atoms with van der Waals surface area (Å²) in [5.41, 5.74) is 3.31. The summed E-state index contributed by atoms with van der Waals surface area (Å²) in [4.78, 5) is 8.05. The second-order valence-corrected chi connectivity index (χ2v) is 9.20. The first kappa shape index (κ1) is 26.1. The molecule has 208 valence electrons. The van der Waals surface area contributed by atoms with Crippen LogP contribution in [-0.4, -0.2) is 42.6 Å². The van der Waals surface area contributed by atoms with Crippen molar-refractivity contribution in [1.82, 2.24) is 29.4 Å². The Labute approximate surface area is 235 Å². The Kier molecular flexibility index (Phi) is 8.14. The molecular formula is C30H28N6O5. The highest BCUT2D eigenvalue weighted by Gasteiger charge is 2.10. The van der Waals surface area contributed by atoms with E-state index in [0.29, 0.717) is 24.7 Å². The fourth-order valence-electron chi connectivity index (χ4n) is 4.11. The summed E-state index contributed by atoms with van der Waals surface area (Å²) in [6.45, 7) is 3.10. The van der Waals surface area contributed by atoms with Gasteiger partial charge in [-0.25, -0.2) is 9.97 Å². The van der Waals surface area contributed by atoms with Crippen LogP contribution in [0.5, 0.6) is 11.5 Å². The maximum Gasteiger partial charge on any atom is 0.163 e. The van der Waals surface area contributed by atoms with Gasteiger partial charge >= 0.3 is 0 Å². The monoisotopic (exact) mass is 552 g/mol. The Morgan fingerprint density at radius 1 is 0.610 bits per heavy atom. The van der Waals surface area contributed by atoms with E-state index in [2.05, 4.69) is 20.3 Å². The Balaban J connectivity index is 0.939. The molecule has 0 saturated heterocycles. The molecule has 11 nitrogen and oxygen atoms in total. The van der Waals surface area contributed by atoms with E-state index < -0.39 is 0 Å². The SMILES string of the molecule is c1cn(CCOc2ccc(-c3cc(COCc4cc(-c5ccc(OCCn6ccnc6)cc5)no4)on3)cc2)cn1. The van der Waals surface area contributed by atoms with Gasteiger partial charge in [-0.2, -0.15) is 0 Å². The van der Waals surface area contributed by atoms with Crippen LogP contribution in [0.15, 0.2) is 107 Å². The maximum atomic E-state index is 5.80. The summed E-state index contributed by atoms with van der Waals surface area (Å²) in [6.07, 6.45) is 10.9. The van der Waals surface area contributed by atoms with Crippen molar-refractivity contribution in [3.8, 4) is 34.0 Å². The van der Waals surface area contributed by atoms with Crippen LogP contribution in [0.3, 0.4) is 0 Å². The zero-order valence-electron chi connectivity index (χ0n) is 22.2. The standard InChI is InChI=1S/C30H28N6O5/c1-5-25(38-15-13-35-11-9-31-21-35)6-2-23(1)29-17-27(40-33-29)19-37-20-28-18-30(34-41-28)24-3-7-26(8-4-24)39-16-14-36-12-10-32-22-36/h1-12,17-18,21-22H,13-16,19-20H2. The molecule has 6 aromatic rings. The van der Waals surface area contributed by atoms with Crippen molar-refractivity contribution in [3.63, 3.8) is 0 Å². The van der Waals surface area contributed by atoms with Crippen LogP contribution >= 0.6 is 0 Å². The first-order valence-corrected chi connectivity index (χ1v) is 13.2. The maximum absolute atomic E-state index is 5.80. The summed E-state index contributed by atoms with van der Waals surface area (Å²) < 4.78 is 32.2. The summed E-state index contributed by atoms with van der Waals surface area (Å²) in [7, 11) is 0. The molecule has 0 amide bonds. The summed E-state index contributed by atoms with van der Waals surface area (Å²) in [5, 5.41) is 8.33. The molecule has 0 N–H and O–H groups in total. The third kappa shape index (κ3) is 7.08. The van der Waals surface area contributed by atoms with Gasteiger partial charge in [0.15, 0.2) is 11.5 Å². The van der Waals surface area contributed by atoms with Crippen molar-refractivity contribution in [3.05, 3.63) is 110 Å². The molecule has 0 radical (unpaired) electrons. The highest BCUT2D eigenvalue weighted by Crippen LogP contribution is 2.24. The van der Waals surface area contributed by atoms with E-state index in [0.717, 1.165) is 47.1 Å². The Morgan fingerprint density at radius 2 is 1.07 bits per heavy atom. The molecule has 0 unspecified atom stereocenters. The van der Waals surface area contributed by atoms with Gasteiger partial charge in [-0.3, -0.25) is 0 Å². The van der Waals surface area contributed by atoms with E-state index in [1.807, 2.05) is 82.2 Å². The molecule has 0 atom stereocenters. The number of rotatable bonds is 14. The molecule has 0 aliphatic heterocycles. The third-order valence-corrected chi connectivity index (χ3v) is 6.26. The van der Waals surface area contributed by atoms with Gasteiger partial charge < -0.3 is 32.4 Å². The van der Waals surface area contributed by atoms with Gasteiger partial charge in [-0.15, -0.1) is 0 Å². The molecule has 6 rings (SSSR count). The number of imidazole rings is 2. The minimum absolute atomic E-state index is 0.254. The van der Waals surface area contributed by atoms with Crippen molar-refractivity contribution in [2.45, 2.75) is 26.3 Å². The van der Waals surface area contributed by atoms with Gasteiger partial charge in [-0.1, -0.05) is 10.3 Å². The average Bonchev–Trinajstić information content (AvgIpc) is 3.83. The van der Waals surface area contributed by atoms with Gasteiger partial charge in [0, 0.05) is 48.0 Å². The van der Waals surface area contributed by atoms with Crippen molar-refractivity contribution in [1.29, 1.82) is 0 Å². The summed E-state index contributed by atoms with van der Waals surface area (Å²) in [6, 6.07) is 19.2. The summed E-state index contributed by atoms with van der Waals surface area (Å²) in [5.74, 6) is 2.81. The average molecular weight is 553 g/mol. The molecular weight excluding hydrogens is 524 g/mol. The predicted octanol–water partition coefficient (Wildman–Crippen LogP) is 5.26. The lowest BCUT2D eigenvalue weighted by Gasteiger charge is -2.07. The van der Waals surface area contributed by atoms with Crippen LogP contribution in [0.4, 0.5) is 0 Å².